The minimum atomic E-state index is -0.704. The molecule has 0 radical (unpaired) electrons. The average molecular weight is 422 g/mol. The molecule has 2 atom stereocenters. The largest absolute Gasteiger partial charge is 0.383 e. The number of nitrogens with zero attached hydrogens (tertiary/aromatic N) is 2. The number of hydrogen-bond acceptors (Lipinski definition) is 5. The van der Waals surface area contributed by atoms with Crippen molar-refractivity contribution in [3.8, 4) is 0 Å². The van der Waals surface area contributed by atoms with Crippen LogP contribution in [0.15, 0.2) is 30.5 Å². The predicted molar refractivity (Wildman–Crippen MR) is 118 cm³/mol. The summed E-state index contributed by atoms with van der Waals surface area (Å²) >= 11 is 0. The van der Waals surface area contributed by atoms with Crippen LogP contribution in [0.2, 0.25) is 0 Å². The van der Waals surface area contributed by atoms with Crippen LogP contribution in [0.5, 0.6) is 0 Å². The lowest BCUT2D eigenvalue weighted by molar-refractivity contribution is -0.150. The number of amides is 3. The van der Waals surface area contributed by atoms with Gasteiger partial charge in [0.25, 0.3) is 0 Å². The molecule has 4 N–H and O–H groups in total. The molecule has 0 spiro atoms. The second-order valence-electron chi connectivity index (χ2n) is 8.81. The zero-order valence-electron chi connectivity index (χ0n) is 18.0. The van der Waals surface area contributed by atoms with Crippen molar-refractivity contribution in [1.82, 2.24) is 9.88 Å². The first-order chi connectivity index (χ1) is 14.7. The molecule has 2 aliphatic heterocycles. The Kier molecular flexibility index (Phi) is 5.16. The van der Waals surface area contributed by atoms with Crippen molar-refractivity contribution in [3.05, 3.63) is 47.2 Å². The Hall–Kier alpha value is -3.42. The van der Waals surface area contributed by atoms with Gasteiger partial charge in [0.05, 0.1) is 23.8 Å². The van der Waals surface area contributed by atoms with Gasteiger partial charge >= 0.3 is 11.8 Å². The van der Waals surface area contributed by atoms with E-state index in [2.05, 4.69) is 22.5 Å². The Morgan fingerprint density at radius 3 is 2.84 bits per heavy atom. The molecule has 31 heavy (non-hydrogen) atoms. The van der Waals surface area contributed by atoms with Crippen LogP contribution in [0.1, 0.15) is 43.4 Å². The molecule has 0 aliphatic carbocycles. The van der Waals surface area contributed by atoms with Gasteiger partial charge in [-0.1, -0.05) is 19.1 Å². The number of benzene rings is 1. The van der Waals surface area contributed by atoms with E-state index in [1.165, 1.54) is 6.20 Å². The van der Waals surface area contributed by atoms with E-state index in [0.717, 1.165) is 35.2 Å². The van der Waals surface area contributed by atoms with Gasteiger partial charge in [-0.05, 0) is 61.4 Å². The predicted octanol–water partition coefficient (Wildman–Crippen LogP) is 2.58. The molecule has 162 valence electrons. The van der Waals surface area contributed by atoms with E-state index in [1.54, 1.807) is 17.9 Å². The summed E-state index contributed by atoms with van der Waals surface area (Å²) in [6.45, 7) is 6.34. The number of aryl methyl sites for hydroxylation is 1. The molecule has 2 aromatic rings. The Morgan fingerprint density at radius 2 is 2.10 bits per heavy atom. The van der Waals surface area contributed by atoms with Gasteiger partial charge in [0.1, 0.15) is 5.82 Å². The standard InChI is InChI=1S/C23H27N5O3/c1-13-6-7-23(3,16-4-5-18-15(9-16)10-19(29)27-18)28(12-13)22(31)21(30)26-17-8-14(2)20(24)25-11-17/h4-5,8-9,11,13H,6-7,10,12H2,1-3H3,(H2,24,25)(H,26,30)(H,27,29)/t13-,23-/m0/s1. The topological polar surface area (TPSA) is 117 Å². The number of fused-ring (bicyclic) bond motifs is 1. The van der Waals surface area contributed by atoms with Crippen LogP contribution in [0, 0.1) is 12.8 Å². The number of rotatable bonds is 2. The minimum absolute atomic E-state index is 0.0331. The molecule has 8 heteroatoms. The van der Waals surface area contributed by atoms with E-state index in [4.69, 9.17) is 5.73 Å². The number of hydrogen-bond donors (Lipinski definition) is 3. The fourth-order valence-corrected chi connectivity index (χ4v) is 4.40. The highest BCUT2D eigenvalue weighted by Gasteiger charge is 2.43. The monoisotopic (exact) mass is 421 g/mol. The maximum Gasteiger partial charge on any atom is 0.313 e. The van der Waals surface area contributed by atoms with Crippen LogP contribution in [0.25, 0.3) is 0 Å². The van der Waals surface area contributed by atoms with E-state index in [-0.39, 0.29) is 11.8 Å². The van der Waals surface area contributed by atoms with Gasteiger partial charge in [0.15, 0.2) is 0 Å². The maximum atomic E-state index is 13.3. The summed E-state index contributed by atoms with van der Waals surface area (Å²) in [7, 11) is 0. The van der Waals surface area contributed by atoms with Gasteiger partial charge in [-0.15, -0.1) is 0 Å². The zero-order valence-corrected chi connectivity index (χ0v) is 18.0. The molecule has 0 bridgehead atoms. The molecule has 4 rings (SSSR count). The highest BCUT2D eigenvalue weighted by atomic mass is 16.2. The minimum Gasteiger partial charge on any atom is -0.383 e. The first-order valence-corrected chi connectivity index (χ1v) is 10.5. The molecule has 0 saturated carbocycles. The molecule has 1 aromatic carbocycles. The van der Waals surface area contributed by atoms with Gasteiger partial charge in [-0.25, -0.2) is 4.98 Å². The number of likely N-dealkylation sites (tertiary alicyclic amines) is 1. The molecular formula is C23H27N5O3. The summed E-state index contributed by atoms with van der Waals surface area (Å²) in [5.41, 5.74) is 8.91. The van der Waals surface area contributed by atoms with E-state index in [0.29, 0.717) is 24.5 Å². The number of piperidine rings is 1. The van der Waals surface area contributed by atoms with Crippen molar-refractivity contribution in [1.29, 1.82) is 0 Å². The number of pyridine rings is 1. The Balaban J connectivity index is 1.61. The van der Waals surface area contributed by atoms with Gasteiger partial charge < -0.3 is 21.3 Å². The molecule has 8 nitrogen and oxygen atoms in total. The highest BCUT2D eigenvalue weighted by Crippen LogP contribution is 2.41. The number of nitrogen functional groups attached to an aromatic ring is 1. The Labute approximate surface area is 181 Å². The first-order valence-electron chi connectivity index (χ1n) is 10.5. The maximum absolute atomic E-state index is 13.3. The molecule has 1 saturated heterocycles. The summed E-state index contributed by atoms with van der Waals surface area (Å²) < 4.78 is 0. The number of anilines is 3. The van der Waals surface area contributed by atoms with Crippen molar-refractivity contribution in [2.24, 2.45) is 5.92 Å². The van der Waals surface area contributed by atoms with Crippen LogP contribution in [0.4, 0.5) is 17.2 Å². The fourth-order valence-electron chi connectivity index (χ4n) is 4.40. The third kappa shape index (κ3) is 3.85. The molecule has 1 fully saturated rings. The van der Waals surface area contributed by atoms with Crippen LogP contribution in [-0.2, 0) is 26.3 Å². The number of carbonyl (C=O) groups is 3. The van der Waals surface area contributed by atoms with Crippen molar-refractivity contribution >= 4 is 34.9 Å². The van der Waals surface area contributed by atoms with Crippen LogP contribution >= 0.6 is 0 Å². The van der Waals surface area contributed by atoms with Crippen molar-refractivity contribution < 1.29 is 14.4 Å². The molecule has 3 heterocycles. The van der Waals surface area contributed by atoms with E-state index < -0.39 is 17.4 Å². The second-order valence-corrected chi connectivity index (χ2v) is 8.81. The molecule has 3 amide bonds. The lowest BCUT2D eigenvalue weighted by atomic mass is 9.78. The van der Waals surface area contributed by atoms with E-state index in [1.807, 2.05) is 25.1 Å². The summed E-state index contributed by atoms with van der Waals surface area (Å²) in [5, 5.41) is 5.49. The Bertz CT molecular complexity index is 1080. The highest BCUT2D eigenvalue weighted by molar-refractivity contribution is 6.39. The number of nitrogens with two attached hydrogens (primary N) is 1. The first kappa shape index (κ1) is 20.8. The molecule has 2 aliphatic rings. The average Bonchev–Trinajstić information content (AvgIpc) is 3.11. The number of nitrogens with one attached hydrogen (secondary N) is 2. The number of aromatic nitrogens is 1. The Morgan fingerprint density at radius 1 is 1.32 bits per heavy atom. The van der Waals surface area contributed by atoms with Crippen LogP contribution in [-0.4, -0.2) is 34.2 Å². The molecule has 1 aromatic heterocycles. The lowest BCUT2D eigenvalue weighted by Gasteiger charge is -2.47. The van der Waals surface area contributed by atoms with Gasteiger partial charge in [-0.3, -0.25) is 14.4 Å². The summed E-state index contributed by atoms with van der Waals surface area (Å²) in [6, 6.07) is 7.49. The quantitative estimate of drug-likeness (QED) is 0.644. The normalized spacial score (nSPS) is 22.6. The summed E-state index contributed by atoms with van der Waals surface area (Å²) in [4.78, 5) is 43.6. The van der Waals surface area contributed by atoms with E-state index >= 15 is 0 Å². The van der Waals surface area contributed by atoms with Crippen LogP contribution < -0.4 is 16.4 Å². The third-order valence-electron chi connectivity index (χ3n) is 6.38. The van der Waals surface area contributed by atoms with Gasteiger partial charge in [-0.2, -0.15) is 0 Å². The van der Waals surface area contributed by atoms with Crippen molar-refractivity contribution in [3.63, 3.8) is 0 Å². The van der Waals surface area contributed by atoms with Crippen molar-refractivity contribution in [2.75, 3.05) is 22.9 Å². The van der Waals surface area contributed by atoms with Gasteiger partial charge in [0, 0.05) is 12.2 Å². The molecule has 0 unspecified atom stereocenters. The van der Waals surface area contributed by atoms with Gasteiger partial charge in [0.2, 0.25) is 5.91 Å². The van der Waals surface area contributed by atoms with Crippen molar-refractivity contribution in [2.45, 2.75) is 45.6 Å². The smallest absolute Gasteiger partial charge is 0.313 e. The molecular weight excluding hydrogens is 394 g/mol. The summed E-state index contributed by atoms with van der Waals surface area (Å²) in [5.74, 6) is -0.661. The van der Waals surface area contributed by atoms with E-state index in [9.17, 15) is 14.4 Å². The zero-order chi connectivity index (χ0) is 22.3. The fraction of sp³-hybridized carbons (Fsp3) is 0.391. The number of carbonyl (C=O) groups excluding carboxylic acids is 3. The second kappa shape index (κ2) is 7.68. The lowest BCUT2D eigenvalue weighted by Crippen LogP contribution is -2.55. The SMILES string of the molecule is Cc1cc(NC(=O)C(=O)N2C[C@@H](C)CC[C@@]2(C)c2ccc3c(c2)CC(=O)N3)cnc1N. The third-order valence-corrected chi connectivity index (χ3v) is 6.38. The van der Waals surface area contributed by atoms with Crippen LogP contribution in [0.3, 0.4) is 0 Å². The summed E-state index contributed by atoms with van der Waals surface area (Å²) in [6.07, 6.45) is 3.44.